The first-order valence-electron chi connectivity index (χ1n) is 17.9. The Morgan fingerprint density at radius 3 is 2.49 bits per heavy atom. The molecule has 0 heterocycles. The molecule has 0 saturated heterocycles. The number of phenols is 1. The number of fused-ring (bicyclic) bond motifs is 1. The summed E-state index contributed by atoms with van der Waals surface area (Å²) in [5.74, 6) is -2.41. The van der Waals surface area contributed by atoms with Gasteiger partial charge in [0.2, 0.25) is 0 Å². The van der Waals surface area contributed by atoms with Gasteiger partial charge in [-0.05, 0) is 87.5 Å². The third-order valence-electron chi connectivity index (χ3n) is 10.4. The number of ether oxygens (including phenoxy) is 5. The van der Waals surface area contributed by atoms with Crippen molar-refractivity contribution in [3.8, 4) is 11.5 Å². The van der Waals surface area contributed by atoms with Gasteiger partial charge in [0.05, 0.1) is 17.4 Å². The van der Waals surface area contributed by atoms with Gasteiger partial charge in [0.1, 0.15) is 43.2 Å². The van der Waals surface area contributed by atoms with Crippen molar-refractivity contribution in [2.45, 2.75) is 85.2 Å². The van der Waals surface area contributed by atoms with Crippen LogP contribution < -0.4 is 4.74 Å². The Kier molecular flexibility index (Phi) is 13.9. The molecule has 1 aromatic rings. The van der Waals surface area contributed by atoms with Crippen LogP contribution in [0.5, 0.6) is 11.5 Å². The van der Waals surface area contributed by atoms with E-state index in [1.807, 2.05) is 26.0 Å². The summed E-state index contributed by atoms with van der Waals surface area (Å²) in [4.78, 5) is 39.1. The zero-order valence-corrected chi connectivity index (χ0v) is 31.4. The van der Waals surface area contributed by atoms with E-state index in [0.29, 0.717) is 16.9 Å². The zero-order valence-electron chi connectivity index (χ0n) is 30.5. The Labute approximate surface area is 307 Å². The summed E-state index contributed by atoms with van der Waals surface area (Å²) < 4.78 is 28.1. The first kappa shape index (κ1) is 39.6. The second-order valence-electron chi connectivity index (χ2n) is 13.9. The van der Waals surface area contributed by atoms with Crippen LogP contribution in [0.2, 0.25) is 0 Å². The van der Waals surface area contributed by atoms with Crippen molar-refractivity contribution in [1.82, 2.24) is 0 Å². The highest BCUT2D eigenvalue weighted by atomic mass is 32.1. The molecule has 51 heavy (non-hydrogen) atoms. The summed E-state index contributed by atoms with van der Waals surface area (Å²) in [6, 6.07) is 3.74. The maximum absolute atomic E-state index is 13.5. The fraction of sp³-hybridized carbons (Fsp3) is 0.512. The molecule has 1 aromatic carbocycles. The van der Waals surface area contributed by atoms with Gasteiger partial charge in [-0.2, -0.15) is 0 Å². The molecule has 1 fully saturated rings. The number of carbonyl (C=O) groups is 3. The van der Waals surface area contributed by atoms with Gasteiger partial charge in [-0.1, -0.05) is 75.8 Å². The monoisotopic (exact) mass is 720 g/mol. The van der Waals surface area contributed by atoms with Crippen molar-refractivity contribution >= 4 is 35.4 Å². The molecular formula is C41H52O9S. The highest BCUT2D eigenvalue weighted by molar-refractivity contribution is 7.79. The highest BCUT2D eigenvalue weighted by Crippen LogP contribution is 2.56. The molecule has 3 aliphatic rings. The molecule has 0 bridgehead atoms. The molecule has 9 nitrogen and oxygen atoms in total. The van der Waals surface area contributed by atoms with Crippen LogP contribution in [0.1, 0.15) is 83.8 Å². The van der Waals surface area contributed by atoms with E-state index in [-0.39, 0.29) is 65.8 Å². The first-order chi connectivity index (χ1) is 24.3. The number of benzene rings is 1. The Balaban J connectivity index is 1.60. The largest absolute Gasteiger partial charge is 0.508 e. The lowest BCUT2D eigenvalue weighted by Crippen LogP contribution is -2.54. The predicted molar refractivity (Wildman–Crippen MR) is 199 cm³/mol. The van der Waals surface area contributed by atoms with Gasteiger partial charge in [0.25, 0.3) is 0 Å². The van der Waals surface area contributed by atoms with Gasteiger partial charge >= 0.3 is 17.4 Å². The molecule has 1 saturated carbocycles. The Bertz CT molecular complexity index is 1600. The van der Waals surface area contributed by atoms with E-state index >= 15 is 0 Å². The smallest absolute Gasteiger partial charge is 0.507 e. The first-order valence-corrected chi connectivity index (χ1v) is 18.3. The zero-order chi connectivity index (χ0) is 37.4. The number of phenolic OH excluding ortho intramolecular Hbond substituents is 1. The molecule has 7 atom stereocenters. The van der Waals surface area contributed by atoms with Gasteiger partial charge in [0.15, 0.2) is 0 Å². The fourth-order valence-electron chi connectivity index (χ4n) is 7.87. The third kappa shape index (κ3) is 9.01. The number of thiocarbonyl (C=S) groups is 1. The fourth-order valence-corrected chi connectivity index (χ4v) is 8.02. The second kappa shape index (κ2) is 17.8. The molecule has 0 radical (unpaired) electrons. The summed E-state index contributed by atoms with van der Waals surface area (Å²) in [7, 11) is 0. The van der Waals surface area contributed by atoms with Crippen molar-refractivity contribution in [2.75, 3.05) is 19.8 Å². The maximum Gasteiger partial charge on any atom is 0.508 e. The molecule has 4 rings (SSSR count). The molecule has 0 spiro atoms. The van der Waals surface area contributed by atoms with Crippen LogP contribution in [0.15, 0.2) is 72.4 Å². The molecule has 0 amide bonds. The van der Waals surface area contributed by atoms with Crippen molar-refractivity contribution < 1.29 is 43.2 Å². The topological polar surface area (TPSA) is 118 Å². The summed E-state index contributed by atoms with van der Waals surface area (Å²) in [5, 5.41) is 11.3. The van der Waals surface area contributed by atoms with Gasteiger partial charge in [-0.15, -0.1) is 0 Å². The number of Topliss-reactive ketones (excluding diaryl/α,β-unsaturated/α-hetero) is 1. The predicted octanol–water partition coefficient (Wildman–Crippen LogP) is 8.66. The average Bonchev–Trinajstić information content (AvgIpc) is 3.32. The summed E-state index contributed by atoms with van der Waals surface area (Å²) in [6.45, 7) is 21.0. The summed E-state index contributed by atoms with van der Waals surface area (Å²) >= 11 is 5.63. The normalized spacial score (nSPS) is 24.3. The van der Waals surface area contributed by atoms with E-state index in [4.69, 9.17) is 35.9 Å². The van der Waals surface area contributed by atoms with Gasteiger partial charge in [-0.25, -0.2) is 9.59 Å². The van der Waals surface area contributed by atoms with E-state index in [2.05, 4.69) is 39.7 Å². The molecule has 3 aliphatic carbocycles. The van der Waals surface area contributed by atoms with E-state index in [0.717, 1.165) is 49.7 Å². The number of hydrogen-bond acceptors (Lipinski definition) is 10. The minimum absolute atomic E-state index is 0.0212. The number of ketones is 1. The van der Waals surface area contributed by atoms with E-state index < -0.39 is 30.1 Å². The van der Waals surface area contributed by atoms with Gasteiger partial charge in [-0.3, -0.25) is 4.79 Å². The molecule has 0 aromatic heterocycles. The van der Waals surface area contributed by atoms with Gasteiger partial charge < -0.3 is 28.8 Å². The average molecular weight is 721 g/mol. The Morgan fingerprint density at radius 1 is 1.12 bits per heavy atom. The van der Waals surface area contributed by atoms with Crippen LogP contribution in [0.25, 0.3) is 0 Å². The van der Waals surface area contributed by atoms with E-state index in [9.17, 15) is 19.5 Å². The number of rotatable bonds is 16. The molecule has 10 heteroatoms. The standard InChI is InChI=1S/C41H52O9S/c1-9-12-13-14-27-20-31(42)35(29-19-24(6)15-16-28(29)23(4)5)32(21-27)50-41(51)48-22-30-25(7)33-34(26(8)49-40(45)47-18-11-3)38(43)37(33)36(30)39(44)46-17-10-2/h10-11,19-21,25-26,28-29,33-34,37,42H,2-4,9,12-18,22H2,1,5-8H3/t25-,26+,28-,29+,33+,34+,37?/m0/s1. The highest BCUT2D eigenvalue weighted by Gasteiger charge is 2.62. The van der Waals surface area contributed by atoms with E-state index in [1.54, 1.807) is 6.92 Å². The van der Waals surface area contributed by atoms with E-state index in [1.165, 1.54) is 17.7 Å². The van der Waals surface area contributed by atoms with Crippen molar-refractivity contribution in [2.24, 2.45) is 29.6 Å². The summed E-state index contributed by atoms with van der Waals surface area (Å²) in [6.07, 6.45) is 9.06. The number of aromatic hydroxyl groups is 1. The molecular weight excluding hydrogens is 669 g/mol. The van der Waals surface area contributed by atoms with Gasteiger partial charge in [0, 0.05) is 23.7 Å². The molecule has 1 N–H and O–H groups in total. The number of hydrogen-bond donors (Lipinski definition) is 1. The quantitative estimate of drug-likeness (QED) is 0.0770. The van der Waals surface area contributed by atoms with Crippen molar-refractivity contribution in [1.29, 1.82) is 0 Å². The number of aryl methyl sites for hydroxylation is 1. The number of allylic oxidation sites excluding steroid dienone is 3. The second-order valence-corrected chi connectivity index (χ2v) is 14.3. The lowest BCUT2D eigenvalue weighted by Gasteiger charge is -2.44. The van der Waals surface area contributed by atoms with Crippen LogP contribution in [0.4, 0.5) is 4.79 Å². The van der Waals surface area contributed by atoms with Crippen LogP contribution in [-0.4, -0.2) is 54.2 Å². The van der Waals surface area contributed by atoms with Crippen LogP contribution >= 0.6 is 12.2 Å². The summed E-state index contributed by atoms with van der Waals surface area (Å²) in [5.41, 5.74) is 4.59. The minimum Gasteiger partial charge on any atom is -0.507 e. The van der Waals surface area contributed by atoms with Crippen molar-refractivity contribution in [3.63, 3.8) is 0 Å². The lowest BCUT2D eigenvalue weighted by molar-refractivity contribution is -0.153. The van der Waals surface area contributed by atoms with Crippen LogP contribution in [0, 0.1) is 29.6 Å². The Morgan fingerprint density at radius 2 is 1.82 bits per heavy atom. The molecule has 0 aliphatic heterocycles. The lowest BCUT2D eigenvalue weighted by atomic mass is 9.59. The minimum atomic E-state index is -0.901. The number of esters is 1. The SMILES string of the molecule is C=CCOC(=O)O[C@H](C)[C@H]1C(=O)C2C(C(=O)OCC=C)=C(COC(=S)Oc3cc(CCCCC)cc(O)c3[C@@H]3C=C(C)CC[C@H]3C(=C)C)[C@H](C)[C@@H]21. The molecule has 1 unspecified atom stereocenters. The maximum atomic E-state index is 13.5. The Hall–Kier alpha value is -4.18. The number of unbranched alkanes of at least 4 members (excludes halogenated alkanes) is 2. The van der Waals surface area contributed by atoms with Crippen molar-refractivity contribution in [3.05, 3.63) is 83.5 Å². The molecule has 276 valence electrons. The van der Waals surface area contributed by atoms with Crippen LogP contribution in [0.3, 0.4) is 0 Å². The third-order valence-corrected chi connectivity index (χ3v) is 10.6. The van der Waals surface area contributed by atoms with Crippen LogP contribution in [-0.2, 0) is 35.0 Å². The number of carbonyl (C=O) groups excluding carboxylic acids is 3.